The standard InChI is InChI=1S/C22H26ClN3O3S.ClH/c1-5-25(6-2)12-13-26(21(27)15-8-7-9-16(14-15)28-3)22-24-19-18(29-4)11-10-17(23)20(19)30-22;/h7-11,14H,5-6,12-13H2,1-4H3;1H. The quantitative estimate of drug-likeness (QED) is 0.408. The fraction of sp³-hybridized carbons (Fsp3) is 0.364. The van der Waals surface area contributed by atoms with Crippen LogP contribution in [-0.2, 0) is 0 Å². The average Bonchev–Trinajstić information content (AvgIpc) is 3.23. The van der Waals surface area contributed by atoms with Gasteiger partial charge in [-0.15, -0.1) is 12.4 Å². The van der Waals surface area contributed by atoms with Crippen molar-refractivity contribution in [3.05, 3.63) is 47.0 Å². The third-order valence-electron chi connectivity index (χ3n) is 4.99. The Hall–Kier alpha value is -2.06. The van der Waals surface area contributed by atoms with Crippen molar-refractivity contribution in [2.45, 2.75) is 13.8 Å². The number of hydrogen-bond donors (Lipinski definition) is 0. The highest BCUT2D eigenvalue weighted by Gasteiger charge is 2.24. The highest BCUT2D eigenvalue weighted by Crippen LogP contribution is 2.39. The largest absolute Gasteiger partial charge is 0.497 e. The van der Waals surface area contributed by atoms with E-state index in [1.807, 2.05) is 12.1 Å². The number of thiazole rings is 1. The number of hydrogen-bond acceptors (Lipinski definition) is 6. The van der Waals surface area contributed by atoms with Crippen LogP contribution in [0, 0.1) is 0 Å². The maximum atomic E-state index is 13.5. The molecule has 1 amide bonds. The van der Waals surface area contributed by atoms with Crippen LogP contribution in [0.5, 0.6) is 11.5 Å². The van der Waals surface area contributed by atoms with E-state index < -0.39 is 0 Å². The predicted molar refractivity (Wildman–Crippen MR) is 131 cm³/mol. The summed E-state index contributed by atoms with van der Waals surface area (Å²) < 4.78 is 11.5. The molecule has 0 saturated heterocycles. The predicted octanol–water partition coefficient (Wildman–Crippen LogP) is 5.38. The molecule has 0 fully saturated rings. The lowest BCUT2D eigenvalue weighted by Gasteiger charge is -2.24. The Morgan fingerprint density at radius 1 is 1.10 bits per heavy atom. The first-order chi connectivity index (χ1) is 14.5. The molecule has 9 heteroatoms. The minimum Gasteiger partial charge on any atom is -0.497 e. The normalized spacial score (nSPS) is 10.8. The van der Waals surface area contributed by atoms with Crippen LogP contribution in [0.2, 0.25) is 5.02 Å². The third-order valence-corrected chi connectivity index (χ3v) is 6.53. The maximum Gasteiger partial charge on any atom is 0.260 e. The molecule has 0 N–H and O–H groups in total. The van der Waals surface area contributed by atoms with Crippen LogP contribution in [0.1, 0.15) is 24.2 Å². The number of carbonyl (C=O) groups is 1. The van der Waals surface area contributed by atoms with Gasteiger partial charge in [0.05, 0.1) is 23.9 Å². The summed E-state index contributed by atoms with van der Waals surface area (Å²) >= 11 is 7.79. The zero-order chi connectivity index (χ0) is 21.7. The lowest BCUT2D eigenvalue weighted by Crippen LogP contribution is -2.38. The molecular weight excluding hydrogens is 457 g/mol. The zero-order valence-corrected chi connectivity index (χ0v) is 20.4. The summed E-state index contributed by atoms with van der Waals surface area (Å²) in [6, 6.07) is 10.7. The van der Waals surface area contributed by atoms with E-state index in [2.05, 4.69) is 18.7 Å². The molecule has 0 atom stereocenters. The number of likely N-dealkylation sites (N-methyl/N-ethyl adjacent to an activating group) is 1. The fourth-order valence-corrected chi connectivity index (χ4v) is 4.48. The molecule has 0 saturated carbocycles. The topological polar surface area (TPSA) is 54.9 Å². The van der Waals surface area contributed by atoms with Gasteiger partial charge < -0.3 is 14.4 Å². The first kappa shape index (κ1) is 25.2. The first-order valence-corrected chi connectivity index (χ1v) is 11.0. The summed E-state index contributed by atoms with van der Waals surface area (Å²) in [5, 5.41) is 1.18. The van der Waals surface area contributed by atoms with Crippen molar-refractivity contribution in [2.75, 3.05) is 45.3 Å². The molecule has 1 aromatic heterocycles. The number of amides is 1. The van der Waals surface area contributed by atoms with Gasteiger partial charge in [0.1, 0.15) is 17.0 Å². The lowest BCUT2D eigenvalue weighted by atomic mass is 10.2. The highest BCUT2D eigenvalue weighted by molar-refractivity contribution is 7.23. The summed E-state index contributed by atoms with van der Waals surface area (Å²) in [5.74, 6) is 1.14. The van der Waals surface area contributed by atoms with Crippen LogP contribution >= 0.6 is 35.3 Å². The Kier molecular flexibility index (Phi) is 9.37. The minimum atomic E-state index is -0.129. The van der Waals surface area contributed by atoms with E-state index in [4.69, 9.17) is 26.1 Å². The van der Waals surface area contributed by atoms with E-state index in [1.54, 1.807) is 43.4 Å². The molecule has 3 rings (SSSR count). The number of fused-ring (bicyclic) bond motifs is 1. The Morgan fingerprint density at radius 3 is 2.48 bits per heavy atom. The van der Waals surface area contributed by atoms with Gasteiger partial charge in [0.2, 0.25) is 0 Å². The van der Waals surface area contributed by atoms with Gasteiger partial charge in [-0.25, -0.2) is 4.98 Å². The third kappa shape index (κ3) is 5.60. The fourth-order valence-electron chi connectivity index (χ4n) is 3.20. The van der Waals surface area contributed by atoms with E-state index in [9.17, 15) is 4.79 Å². The monoisotopic (exact) mass is 483 g/mol. The van der Waals surface area contributed by atoms with Gasteiger partial charge in [-0.05, 0) is 43.4 Å². The average molecular weight is 484 g/mol. The molecule has 6 nitrogen and oxygen atoms in total. The van der Waals surface area contributed by atoms with Gasteiger partial charge in [0.25, 0.3) is 5.91 Å². The molecular formula is C22H27Cl2N3O3S. The van der Waals surface area contributed by atoms with E-state index in [-0.39, 0.29) is 18.3 Å². The van der Waals surface area contributed by atoms with Gasteiger partial charge in [-0.1, -0.05) is 42.9 Å². The number of rotatable bonds is 9. The van der Waals surface area contributed by atoms with Gasteiger partial charge in [-0.3, -0.25) is 9.69 Å². The number of methoxy groups -OCH3 is 2. The molecule has 0 unspecified atom stereocenters. The van der Waals surface area contributed by atoms with Gasteiger partial charge >= 0.3 is 0 Å². The van der Waals surface area contributed by atoms with Crippen molar-refractivity contribution in [1.29, 1.82) is 0 Å². The lowest BCUT2D eigenvalue weighted by molar-refractivity contribution is 0.0983. The second kappa shape index (κ2) is 11.5. The van der Waals surface area contributed by atoms with Crippen molar-refractivity contribution in [3.63, 3.8) is 0 Å². The second-order valence-electron chi connectivity index (χ2n) is 6.64. The molecule has 0 bridgehead atoms. The van der Waals surface area contributed by atoms with E-state index in [1.165, 1.54) is 11.3 Å². The van der Waals surface area contributed by atoms with Crippen molar-refractivity contribution >= 4 is 56.6 Å². The number of halogens is 2. The number of anilines is 1. The number of aromatic nitrogens is 1. The van der Waals surface area contributed by atoms with E-state index in [0.29, 0.717) is 39.3 Å². The maximum absolute atomic E-state index is 13.5. The Labute approximate surface area is 198 Å². The van der Waals surface area contributed by atoms with Crippen LogP contribution in [-0.4, -0.2) is 56.2 Å². The molecule has 0 aliphatic carbocycles. The summed E-state index contributed by atoms with van der Waals surface area (Å²) in [6.45, 7) is 7.30. The van der Waals surface area contributed by atoms with E-state index in [0.717, 1.165) is 24.3 Å². The Balaban J connectivity index is 0.00000341. The molecule has 0 spiro atoms. The molecule has 0 radical (unpaired) electrons. The zero-order valence-electron chi connectivity index (χ0n) is 18.1. The molecule has 3 aromatic rings. The van der Waals surface area contributed by atoms with Crippen molar-refractivity contribution in [2.24, 2.45) is 0 Å². The van der Waals surface area contributed by atoms with Crippen LogP contribution in [0.15, 0.2) is 36.4 Å². The summed E-state index contributed by atoms with van der Waals surface area (Å²) in [6.07, 6.45) is 0. The van der Waals surface area contributed by atoms with Crippen LogP contribution in [0.3, 0.4) is 0 Å². The van der Waals surface area contributed by atoms with Crippen molar-refractivity contribution in [3.8, 4) is 11.5 Å². The molecule has 0 aliphatic heterocycles. The van der Waals surface area contributed by atoms with Crippen LogP contribution in [0.25, 0.3) is 10.2 Å². The smallest absolute Gasteiger partial charge is 0.260 e. The number of benzene rings is 2. The summed E-state index contributed by atoms with van der Waals surface area (Å²) in [7, 11) is 3.19. The second-order valence-corrected chi connectivity index (χ2v) is 8.02. The van der Waals surface area contributed by atoms with Crippen molar-refractivity contribution in [1.82, 2.24) is 9.88 Å². The van der Waals surface area contributed by atoms with Crippen molar-refractivity contribution < 1.29 is 14.3 Å². The molecule has 168 valence electrons. The molecule has 2 aromatic carbocycles. The number of carbonyl (C=O) groups excluding carboxylic acids is 1. The van der Waals surface area contributed by atoms with E-state index >= 15 is 0 Å². The SMILES string of the molecule is CCN(CC)CCN(C(=O)c1cccc(OC)c1)c1nc2c(OC)ccc(Cl)c2s1.Cl. The molecule has 1 heterocycles. The number of ether oxygens (including phenoxy) is 2. The van der Waals surface area contributed by atoms with Gasteiger partial charge in [0, 0.05) is 18.7 Å². The Morgan fingerprint density at radius 2 is 1.84 bits per heavy atom. The Bertz CT molecular complexity index is 1020. The number of nitrogens with zero attached hydrogens (tertiary/aromatic N) is 3. The first-order valence-electron chi connectivity index (χ1n) is 9.83. The van der Waals surface area contributed by atoms with Gasteiger partial charge in [0.15, 0.2) is 5.13 Å². The minimum absolute atomic E-state index is 0. The molecule has 31 heavy (non-hydrogen) atoms. The highest BCUT2D eigenvalue weighted by atomic mass is 35.5. The van der Waals surface area contributed by atoms with Crippen LogP contribution < -0.4 is 14.4 Å². The van der Waals surface area contributed by atoms with Gasteiger partial charge in [-0.2, -0.15) is 0 Å². The molecule has 0 aliphatic rings. The summed E-state index contributed by atoms with van der Waals surface area (Å²) in [4.78, 5) is 22.2. The van der Waals surface area contributed by atoms with Crippen LogP contribution in [0.4, 0.5) is 5.13 Å². The summed E-state index contributed by atoms with van der Waals surface area (Å²) in [5.41, 5.74) is 1.21.